The second-order valence-electron chi connectivity index (χ2n) is 9.06. The first-order valence-electron chi connectivity index (χ1n) is 11.1. The molecule has 0 saturated carbocycles. The summed E-state index contributed by atoms with van der Waals surface area (Å²) in [5.41, 5.74) is 4.84. The maximum absolute atomic E-state index is 12.9. The molecule has 30 heavy (non-hydrogen) atoms. The average molecular weight is 406 g/mol. The van der Waals surface area contributed by atoms with Gasteiger partial charge < -0.3 is 19.9 Å². The van der Waals surface area contributed by atoms with E-state index in [-0.39, 0.29) is 11.4 Å². The van der Waals surface area contributed by atoms with Gasteiger partial charge in [0.15, 0.2) is 0 Å². The van der Waals surface area contributed by atoms with E-state index in [4.69, 9.17) is 4.74 Å². The lowest BCUT2D eigenvalue weighted by atomic mass is 9.77. The highest BCUT2D eigenvalue weighted by Gasteiger charge is 2.49. The third-order valence-electron chi connectivity index (χ3n) is 7.27. The van der Waals surface area contributed by atoms with Crippen LogP contribution in [0.2, 0.25) is 0 Å². The van der Waals surface area contributed by atoms with E-state index < -0.39 is 0 Å². The van der Waals surface area contributed by atoms with Crippen molar-refractivity contribution in [2.45, 2.75) is 50.6 Å². The molecule has 2 fully saturated rings. The summed E-state index contributed by atoms with van der Waals surface area (Å²) in [6.07, 6.45) is 4.93. The van der Waals surface area contributed by atoms with Gasteiger partial charge in [0.2, 0.25) is 5.91 Å². The molecule has 0 aromatic heterocycles. The van der Waals surface area contributed by atoms with E-state index in [0.717, 1.165) is 43.8 Å². The summed E-state index contributed by atoms with van der Waals surface area (Å²) in [5.74, 6) is 1.13. The van der Waals surface area contributed by atoms with Gasteiger partial charge in [-0.25, -0.2) is 0 Å². The first kappa shape index (κ1) is 19.3. The summed E-state index contributed by atoms with van der Waals surface area (Å²) in [7, 11) is 1.72. The number of methoxy groups -OCH3 is 1. The molecule has 3 heterocycles. The number of aryl methyl sites for hydroxylation is 1. The number of hydrogen-bond acceptors (Lipinski definition) is 4. The Morgan fingerprint density at radius 2 is 1.90 bits per heavy atom. The highest BCUT2D eigenvalue weighted by molar-refractivity contribution is 5.80. The standard InChI is InChI=1S/C25H31N3O2/c1-18-5-7-19(8-6-18)16-24(29)27-14-11-25(12-15-27)23-4-3-13-28(23)22-10-9-20(30-2)17-21(22)26-25/h5-10,17,23,26H,3-4,11-16H2,1-2H3. The zero-order chi connectivity index (χ0) is 20.7. The fraction of sp³-hybridized carbons (Fsp3) is 0.480. The smallest absolute Gasteiger partial charge is 0.226 e. The van der Waals surface area contributed by atoms with Crippen molar-refractivity contribution in [2.24, 2.45) is 0 Å². The number of rotatable bonds is 3. The number of anilines is 2. The predicted molar refractivity (Wildman–Crippen MR) is 120 cm³/mol. The van der Waals surface area contributed by atoms with E-state index in [2.05, 4.69) is 64.5 Å². The van der Waals surface area contributed by atoms with E-state index >= 15 is 0 Å². The zero-order valence-electron chi connectivity index (χ0n) is 18.0. The van der Waals surface area contributed by atoms with E-state index in [1.165, 1.54) is 29.8 Å². The monoisotopic (exact) mass is 405 g/mol. The molecular weight excluding hydrogens is 374 g/mol. The number of carbonyl (C=O) groups is 1. The third-order valence-corrected chi connectivity index (χ3v) is 7.27. The Hall–Kier alpha value is -2.69. The van der Waals surface area contributed by atoms with Crippen molar-refractivity contribution in [3.63, 3.8) is 0 Å². The summed E-state index contributed by atoms with van der Waals surface area (Å²) in [6.45, 7) is 4.83. The molecule has 5 nitrogen and oxygen atoms in total. The van der Waals surface area contributed by atoms with Crippen molar-refractivity contribution < 1.29 is 9.53 Å². The van der Waals surface area contributed by atoms with E-state index in [9.17, 15) is 4.79 Å². The summed E-state index contributed by atoms with van der Waals surface area (Å²) in [5, 5.41) is 3.91. The Morgan fingerprint density at radius 3 is 2.63 bits per heavy atom. The Balaban J connectivity index is 1.31. The molecule has 0 aliphatic carbocycles. The van der Waals surface area contributed by atoms with Gasteiger partial charge >= 0.3 is 0 Å². The molecule has 5 heteroatoms. The number of ether oxygens (including phenoxy) is 1. The molecule has 0 bridgehead atoms. The van der Waals surface area contributed by atoms with Gasteiger partial charge in [-0.15, -0.1) is 0 Å². The molecule has 3 aliphatic heterocycles. The molecule has 3 aliphatic rings. The van der Waals surface area contributed by atoms with Crippen LogP contribution in [0.5, 0.6) is 5.75 Å². The second kappa shape index (κ2) is 7.53. The van der Waals surface area contributed by atoms with E-state index in [1.54, 1.807) is 7.11 Å². The van der Waals surface area contributed by atoms with E-state index in [1.807, 2.05) is 0 Å². The third kappa shape index (κ3) is 3.30. The van der Waals surface area contributed by atoms with Gasteiger partial charge in [-0.05, 0) is 50.3 Å². The van der Waals surface area contributed by atoms with Crippen LogP contribution in [0.25, 0.3) is 0 Å². The minimum atomic E-state index is 0.0382. The SMILES string of the molecule is COc1ccc2c(c1)NC1(CCN(C(=O)Cc3ccc(C)cc3)CC1)C1CCCN21. The van der Waals surface area contributed by atoms with Crippen molar-refractivity contribution in [1.29, 1.82) is 0 Å². The molecule has 2 aromatic carbocycles. The number of piperidine rings is 1. The normalized spacial score (nSPS) is 21.7. The number of fused-ring (bicyclic) bond motifs is 4. The lowest BCUT2D eigenvalue weighted by molar-refractivity contribution is -0.132. The first-order valence-corrected chi connectivity index (χ1v) is 11.1. The van der Waals surface area contributed by atoms with Crippen molar-refractivity contribution in [1.82, 2.24) is 4.90 Å². The van der Waals surface area contributed by atoms with Crippen molar-refractivity contribution in [2.75, 3.05) is 37.0 Å². The lowest BCUT2D eigenvalue weighted by Gasteiger charge is -2.53. The fourth-order valence-electron chi connectivity index (χ4n) is 5.58. The Morgan fingerprint density at radius 1 is 1.13 bits per heavy atom. The van der Waals surface area contributed by atoms with Crippen LogP contribution in [-0.4, -0.2) is 49.1 Å². The lowest BCUT2D eigenvalue weighted by Crippen LogP contribution is -2.63. The number of hydrogen-bond donors (Lipinski definition) is 1. The summed E-state index contributed by atoms with van der Waals surface area (Å²) in [4.78, 5) is 17.6. The molecule has 2 aromatic rings. The van der Waals surface area contributed by atoms with Crippen LogP contribution in [-0.2, 0) is 11.2 Å². The van der Waals surface area contributed by atoms with Gasteiger partial charge in [0, 0.05) is 25.7 Å². The quantitative estimate of drug-likeness (QED) is 0.838. The predicted octanol–water partition coefficient (Wildman–Crippen LogP) is 4.00. The first-order chi connectivity index (χ1) is 14.6. The number of carbonyl (C=O) groups excluding carboxylic acids is 1. The Bertz CT molecular complexity index is 932. The molecule has 1 N–H and O–H groups in total. The second-order valence-corrected chi connectivity index (χ2v) is 9.06. The van der Waals surface area contributed by atoms with Gasteiger partial charge in [0.05, 0.1) is 36.5 Å². The van der Waals surface area contributed by atoms with Crippen LogP contribution >= 0.6 is 0 Å². The average Bonchev–Trinajstić information content (AvgIpc) is 3.27. The molecule has 1 unspecified atom stereocenters. The largest absolute Gasteiger partial charge is 0.497 e. The van der Waals surface area contributed by atoms with Gasteiger partial charge in [-0.3, -0.25) is 4.79 Å². The highest BCUT2D eigenvalue weighted by Crippen LogP contribution is 2.47. The van der Waals surface area contributed by atoms with Crippen LogP contribution in [0, 0.1) is 6.92 Å². The van der Waals surface area contributed by atoms with Crippen LogP contribution in [0.3, 0.4) is 0 Å². The molecule has 1 spiro atoms. The summed E-state index contributed by atoms with van der Waals surface area (Å²) < 4.78 is 5.47. The van der Waals surface area contributed by atoms with Crippen LogP contribution in [0.4, 0.5) is 11.4 Å². The molecular formula is C25H31N3O2. The van der Waals surface area contributed by atoms with Crippen LogP contribution < -0.4 is 15.0 Å². The van der Waals surface area contributed by atoms with Gasteiger partial charge in [-0.2, -0.15) is 0 Å². The summed E-state index contributed by atoms with van der Waals surface area (Å²) >= 11 is 0. The summed E-state index contributed by atoms with van der Waals surface area (Å²) in [6, 6.07) is 15.2. The van der Waals surface area contributed by atoms with Crippen LogP contribution in [0.15, 0.2) is 42.5 Å². The number of amides is 1. The molecule has 2 saturated heterocycles. The van der Waals surface area contributed by atoms with Crippen LogP contribution in [0.1, 0.15) is 36.8 Å². The minimum absolute atomic E-state index is 0.0382. The molecule has 5 rings (SSSR count). The number of benzene rings is 2. The number of nitrogens with one attached hydrogen (secondary N) is 1. The Labute approximate surface area is 179 Å². The Kier molecular flexibility index (Phi) is 4.84. The maximum atomic E-state index is 12.9. The topological polar surface area (TPSA) is 44.8 Å². The van der Waals surface area contributed by atoms with Gasteiger partial charge in [0.1, 0.15) is 5.75 Å². The molecule has 0 radical (unpaired) electrons. The maximum Gasteiger partial charge on any atom is 0.226 e. The zero-order valence-corrected chi connectivity index (χ0v) is 18.0. The molecule has 158 valence electrons. The fourth-order valence-corrected chi connectivity index (χ4v) is 5.58. The number of likely N-dealkylation sites (tertiary alicyclic amines) is 1. The van der Waals surface area contributed by atoms with Gasteiger partial charge in [0.25, 0.3) is 0 Å². The van der Waals surface area contributed by atoms with Crippen molar-refractivity contribution in [3.8, 4) is 5.75 Å². The van der Waals surface area contributed by atoms with Crippen molar-refractivity contribution >= 4 is 17.3 Å². The van der Waals surface area contributed by atoms with E-state index in [0.29, 0.717) is 12.5 Å². The molecule has 1 atom stereocenters. The number of nitrogens with zero attached hydrogens (tertiary/aromatic N) is 2. The van der Waals surface area contributed by atoms with Crippen molar-refractivity contribution in [3.05, 3.63) is 53.6 Å². The van der Waals surface area contributed by atoms with Gasteiger partial charge in [-0.1, -0.05) is 29.8 Å². The highest BCUT2D eigenvalue weighted by atomic mass is 16.5. The minimum Gasteiger partial charge on any atom is -0.497 e. The molecule has 1 amide bonds.